The maximum atomic E-state index is 4.40. The fourth-order valence-electron chi connectivity index (χ4n) is 1.70. The van der Waals surface area contributed by atoms with Crippen molar-refractivity contribution in [3.63, 3.8) is 0 Å². The molecule has 1 aromatic rings. The van der Waals surface area contributed by atoms with Crippen LogP contribution in [0.25, 0.3) is 0 Å². The van der Waals surface area contributed by atoms with Crippen LogP contribution in [-0.2, 0) is 6.54 Å². The number of aromatic nitrogens is 1. The second-order valence-electron chi connectivity index (χ2n) is 4.18. The Balaban J connectivity index is 2.53. The highest BCUT2D eigenvalue weighted by atomic mass is 15.2. The third kappa shape index (κ3) is 4.19. The van der Waals surface area contributed by atoms with Gasteiger partial charge in [0.1, 0.15) is 5.82 Å². The van der Waals surface area contributed by atoms with Gasteiger partial charge in [0, 0.05) is 26.3 Å². The van der Waals surface area contributed by atoms with E-state index in [1.165, 1.54) is 24.8 Å². The van der Waals surface area contributed by atoms with Gasteiger partial charge in [-0.25, -0.2) is 4.98 Å². The SMILES string of the molecule is CCCCCN(C)c1cc(CNC)ccn1. The third-order valence-electron chi connectivity index (χ3n) is 2.68. The van der Waals surface area contributed by atoms with Crippen LogP contribution in [0.15, 0.2) is 18.3 Å². The number of pyridine rings is 1. The van der Waals surface area contributed by atoms with Gasteiger partial charge in [-0.2, -0.15) is 0 Å². The summed E-state index contributed by atoms with van der Waals surface area (Å²) in [4.78, 5) is 6.63. The number of hydrogen-bond donors (Lipinski definition) is 1. The number of rotatable bonds is 7. The predicted octanol–water partition coefficient (Wildman–Crippen LogP) is 2.43. The lowest BCUT2D eigenvalue weighted by Crippen LogP contribution is -2.20. The van der Waals surface area contributed by atoms with Crippen LogP contribution in [0.3, 0.4) is 0 Å². The van der Waals surface area contributed by atoms with E-state index in [0.29, 0.717) is 0 Å². The molecule has 0 aromatic carbocycles. The highest BCUT2D eigenvalue weighted by molar-refractivity contribution is 5.39. The molecule has 1 N–H and O–H groups in total. The maximum absolute atomic E-state index is 4.40. The van der Waals surface area contributed by atoms with Crippen molar-refractivity contribution in [2.75, 3.05) is 25.5 Å². The van der Waals surface area contributed by atoms with E-state index in [4.69, 9.17) is 0 Å². The molecule has 0 fully saturated rings. The van der Waals surface area contributed by atoms with Gasteiger partial charge in [-0.3, -0.25) is 0 Å². The molecular weight excluding hydrogens is 198 g/mol. The fourth-order valence-corrected chi connectivity index (χ4v) is 1.70. The van der Waals surface area contributed by atoms with Crippen LogP contribution in [0, 0.1) is 0 Å². The molecule has 0 bridgehead atoms. The highest BCUT2D eigenvalue weighted by Crippen LogP contribution is 2.12. The predicted molar refractivity (Wildman–Crippen MR) is 69.8 cm³/mol. The minimum atomic E-state index is 0.901. The zero-order valence-electron chi connectivity index (χ0n) is 10.7. The topological polar surface area (TPSA) is 28.2 Å². The Labute approximate surface area is 98.9 Å². The van der Waals surface area contributed by atoms with Crippen molar-refractivity contribution in [2.45, 2.75) is 32.7 Å². The molecule has 0 spiro atoms. The standard InChI is InChI=1S/C13H23N3/c1-4-5-6-9-16(3)13-10-12(11-14-2)7-8-15-13/h7-8,10,14H,4-6,9,11H2,1-3H3. The minimum Gasteiger partial charge on any atom is -0.360 e. The van der Waals surface area contributed by atoms with E-state index in [1.54, 1.807) is 0 Å². The Morgan fingerprint density at radius 3 is 2.88 bits per heavy atom. The summed E-state index contributed by atoms with van der Waals surface area (Å²) in [7, 11) is 4.08. The molecule has 0 atom stereocenters. The van der Waals surface area contributed by atoms with Gasteiger partial charge < -0.3 is 10.2 Å². The molecule has 0 saturated carbocycles. The van der Waals surface area contributed by atoms with Crippen LogP contribution in [0.5, 0.6) is 0 Å². The average molecular weight is 221 g/mol. The van der Waals surface area contributed by atoms with E-state index in [1.807, 2.05) is 13.2 Å². The first-order valence-electron chi connectivity index (χ1n) is 6.08. The molecule has 0 aliphatic rings. The second kappa shape index (κ2) is 7.23. The first-order chi connectivity index (χ1) is 7.77. The van der Waals surface area contributed by atoms with E-state index in [2.05, 4.69) is 41.3 Å². The average Bonchev–Trinajstić information content (AvgIpc) is 2.30. The summed E-state index contributed by atoms with van der Waals surface area (Å²) in [5, 5.41) is 3.16. The second-order valence-corrected chi connectivity index (χ2v) is 4.18. The molecule has 0 amide bonds. The molecule has 0 saturated heterocycles. The van der Waals surface area contributed by atoms with Crippen molar-refractivity contribution in [1.29, 1.82) is 0 Å². The zero-order chi connectivity index (χ0) is 11.8. The first kappa shape index (κ1) is 13.0. The summed E-state index contributed by atoms with van der Waals surface area (Å²) in [5.41, 5.74) is 1.29. The molecular formula is C13H23N3. The van der Waals surface area contributed by atoms with Gasteiger partial charge in [0.25, 0.3) is 0 Å². The molecule has 1 aromatic heterocycles. The summed E-state index contributed by atoms with van der Waals surface area (Å²) >= 11 is 0. The fraction of sp³-hybridized carbons (Fsp3) is 0.615. The van der Waals surface area contributed by atoms with E-state index >= 15 is 0 Å². The molecule has 0 unspecified atom stereocenters. The summed E-state index contributed by atoms with van der Waals surface area (Å²) in [6.07, 6.45) is 5.69. The molecule has 0 aliphatic carbocycles. The molecule has 3 heteroatoms. The molecule has 0 aliphatic heterocycles. The van der Waals surface area contributed by atoms with Gasteiger partial charge in [0.15, 0.2) is 0 Å². The van der Waals surface area contributed by atoms with Crippen molar-refractivity contribution in [3.05, 3.63) is 23.9 Å². The lowest BCUT2D eigenvalue weighted by Gasteiger charge is -2.18. The Morgan fingerprint density at radius 1 is 1.38 bits per heavy atom. The number of unbranched alkanes of at least 4 members (excludes halogenated alkanes) is 2. The van der Waals surface area contributed by atoms with Crippen LogP contribution >= 0.6 is 0 Å². The van der Waals surface area contributed by atoms with Gasteiger partial charge >= 0.3 is 0 Å². The Hall–Kier alpha value is -1.09. The smallest absolute Gasteiger partial charge is 0.128 e. The van der Waals surface area contributed by atoms with E-state index in [0.717, 1.165) is 18.9 Å². The highest BCUT2D eigenvalue weighted by Gasteiger charge is 2.02. The van der Waals surface area contributed by atoms with Crippen molar-refractivity contribution in [3.8, 4) is 0 Å². The number of anilines is 1. The Kier molecular flexibility index (Phi) is 5.86. The molecule has 1 rings (SSSR count). The quantitative estimate of drug-likeness (QED) is 0.717. The van der Waals surface area contributed by atoms with Crippen LogP contribution in [0.4, 0.5) is 5.82 Å². The summed E-state index contributed by atoms with van der Waals surface area (Å²) in [6.45, 7) is 4.22. The third-order valence-corrected chi connectivity index (χ3v) is 2.68. The van der Waals surface area contributed by atoms with Crippen LogP contribution in [0.2, 0.25) is 0 Å². The molecule has 1 heterocycles. The van der Waals surface area contributed by atoms with Gasteiger partial charge in [-0.15, -0.1) is 0 Å². The van der Waals surface area contributed by atoms with Gasteiger partial charge in [0.05, 0.1) is 0 Å². The molecule has 3 nitrogen and oxygen atoms in total. The van der Waals surface area contributed by atoms with E-state index in [9.17, 15) is 0 Å². The van der Waals surface area contributed by atoms with Gasteiger partial charge in [-0.05, 0) is 31.2 Å². The minimum absolute atomic E-state index is 0.901. The lowest BCUT2D eigenvalue weighted by molar-refractivity contribution is 0.700. The number of hydrogen-bond acceptors (Lipinski definition) is 3. The first-order valence-corrected chi connectivity index (χ1v) is 6.08. The van der Waals surface area contributed by atoms with Crippen LogP contribution in [-0.4, -0.2) is 25.6 Å². The summed E-state index contributed by atoms with van der Waals surface area (Å²) < 4.78 is 0. The van der Waals surface area contributed by atoms with Crippen molar-refractivity contribution in [2.24, 2.45) is 0 Å². The zero-order valence-corrected chi connectivity index (χ0v) is 10.7. The van der Waals surface area contributed by atoms with Crippen molar-refractivity contribution >= 4 is 5.82 Å². The number of nitrogens with zero attached hydrogens (tertiary/aromatic N) is 2. The maximum Gasteiger partial charge on any atom is 0.128 e. The van der Waals surface area contributed by atoms with Gasteiger partial charge in [0.2, 0.25) is 0 Å². The van der Waals surface area contributed by atoms with Gasteiger partial charge in [-0.1, -0.05) is 19.8 Å². The molecule has 16 heavy (non-hydrogen) atoms. The Bertz CT molecular complexity index is 299. The Morgan fingerprint density at radius 2 is 2.19 bits per heavy atom. The molecule has 90 valence electrons. The number of nitrogens with one attached hydrogen (secondary N) is 1. The normalized spacial score (nSPS) is 10.4. The monoisotopic (exact) mass is 221 g/mol. The molecule has 0 radical (unpaired) electrons. The van der Waals surface area contributed by atoms with Crippen molar-refractivity contribution < 1.29 is 0 Å². The van der Waals surface area contributed by atoms with Crippen molar-refractivity contribution in [1.82, 2.24) is 10.3 Å². The summed E-state index contributed by atoms with van der Waals surface area (Å²) in [6, 6.07) is 4.21. The lowest BCUT2D eigenvalue weighted by atomic mass is 10.2. The van der Waals surface area contributed by atoms with Crippen LogP contribution in [0.1, 0.15) is 31.7 Å². The van der Waals surface area contributed by atoms with E-state index < -0.39 is 0 Å². The largest absolute Gasteiger partial charge is 0.360 e. The van der Waals surface area contributed by atoms with Crippen LogP contribution < -0.4 is 10.2 Å². The van der Waals surface area contributed by atoms with E-state index in [-0.39, 0.29) is 0 Å². The summed E-state index contributed by atoms with van der Waals surface area (Å²) in [5.74, 6) is 1.07.